The van der Waals surface area contributed by atoms with Gasteiger partial charge in [0.2, 0.25) is 0 Å². The molecule has 0 atom stereocenters. The number of rotatable bonds is 9. The van der Waals surface area contributed by atoms with Crippen LogP contribution in [0.4, 0.5) is 0 Å². The Morgan fingerprint density at radius 2 is 1.83 bits per heavy atom. The summed E-state index contributed by atoms with van der Waals surface area (Å²) in [4.78, 5) is 16.5. The number of aromatic nitrogens is 1. The van der Waals surface area contributed by atoms with E-state index in [0.717, 1.165) is 10.9 Å². The van der Waals surface area contributed by atoms with Crippen molar-refractivity contribution < 1.29 is 19.0 Å². The Morgan fingerprint density at radius 1 is 1.03 bits per heavy atom. The highest BCUT2D eigenvalue weighted by Crippen LogP contribution is 2.36. The van der Waals surface area contributed by atoms with E-state index in [0.29, 0.717) is 45.0 Å². The van der Waals surface area contributed by atoms with Crippen molar-refractivity contribution in [2.75, 3.05) is 13.7 Å². The number of halogens is 2. The maximum absolute atomic E-state index is 12.2. The van der Waals surface area contributed by atoms with E-state index in [4.69, 9.17) is 37.4 Å². The molecular formula is C26H21Cl2N3O4. The molecule has 9 heteroatoms. The van der Waals surface area contributed by atoms with Crippen molar-refractivity contribution in [1.82, 2.24) is 10.4 Å². The zero-order chi connectivity index (χ0) is 24.6. The molecular weight excluding hydrogens is 489 g/mol. The van der Waals surface area contributed by atoms with Crippen LogP contribution in [0.1, 0.15) is 11.1 Å². The van der Waals surface area contributed by atoms with E-state index in [1.54, 1.807) is 36.5 Å². The van der Waals surface area contributed by atoms with Gasteiger partial charge in [0.05, 0.1) is 18.3 Å². The second kappa shape index (κ2) is 11.6. The third kappa shape index (κ3) is 6.41. The van der Waals surface area contributed by atoms with Crippen LogP contribution in [0.25, 0.3) is 10.9 Å². The van der Waals surface area contributed by atoms with Crippen LogP contribution < -0.4 is 19.6 Å². The monoisotopic (exact) mass is 509 g/mol. The summed E-state index contributed by atoms with van der Waals surface area (Å²) in [5.41, 5.74) is 4.67. The predicted octanol–water partition coefficient (Wildman–Crippen LogP) is 5.66. The van der Waals surface area contributed by atoms with Gasteiger partial charge in [-0.1, -0.05) is 53.5 Å². The fourth-order valence-corrected chi connectivity index (χ4v) is 3.64. The molecule has 0 aliphatic heterocycles. The predicted molar refractivity (Wildman–Crippen MR) is 137 cm³/mol. The Balaban J connectivity index is 1.35. The number of para-hydroxylation sites is 1. The van der Waals surface area contributed by atoms with Gasteiger partial charge in [0.25, 0.3) is 5.91 Å². The van der Waals surface area contributed by atoms with Crippen molar-refractivity contribution in [3.8, 4) is 17.2 Å². The third-order valence-corrected chi connectivity index (χ3v) is 5.44. The summed E-state index contributed by atoms with van der Waals surface area (Å²) in [6, 6.07) is 20.0. The highest BCUT2D eigenvalue weighted by Gasteiger charge is 2.12. The number of nitrogens with zero attached hydrogens (tertiary/aromatic N) is 2. The van der Waals surface area contributed by atoms with Crippen LogP contribution in [0.15, 0.2) is 78.0 Å². The minimum atomic E-state index is -0.421. The molecule has 7 nitrogen and oxygen atoms in total. The molecule has 4 aromatic rings. The number of carbonyl (C=O) groups is 1. The zero-order valence-corrected chi connectivity index (χ0v) is 20.2. The number of methoxy groups -OCH3 is 1. The first-order valence-corrected chi connectivity index (χ1v) is 11.3. The summed E-state index contributed by atoms with van der Waals surface area (Å²) in [5, 5.41) is 5.90. The Morgan fingerprint density at radius 3 is 2.63 bits per heavy atom. The smallest absolute Gasteiger partial charge is 0.277 e. The zero-order valence-electron chi connectivity index (χ0n) is 18.7. The maximum atomic E-state index is 12.2. The van der Waals surface area contributed by atoms with Crippen molar-refractivity contribution in [3.05, 3.63) is 94.1 Å². The first-order chi connectivity index (χ1) is 17.0. The van der Waals surface area contributed by atoms with E-state index < -0.39 is 5.91 Å². The number of fused-ring (bicyclic) bond motifs is 1. The van der Waals surface area contributed by atoms with Gasteiger partial charge in [0, 0.05) is 16.6 Å². The summed E-state index contributed by atoms with van der Waals surface area (Å²) in [5.74, 6) is 0.941. The van der Waals surface area contributed by atoms with Crippen LogP contribution >= 0.6 is 23.2 Å². The number of nitrogens with one attached hydrogen (secondary N) is 1. The van der Waals surface area contributed by atoms with Gasteiger partial charge in [-0.15, -0.1) is 0 Å². The molecule has 178 valence electrons. The van der Waals surface area contributed by atoms with Gasteiger partial charge < -0.3 is 14.2 Å². The SMILES string of the molecule is COc1cc(/C=N\NC(=O)COc2cccc3cccnc23)cc(Cl)c1OCc1ccc(Cl)cc1. The number of hydrogen-bond donors (Lipinski definition) is 1. The molecule has 0 spiro atoms. The van der Waals surface area contributed by atoms with Crippen LogP contribution in [-0.4, -0.2) is 30.8 Å². The topological polar surface area (TPSA) is 82.0 Å². The average Bonchev–Trinajstić information content (AvgIpc) is 2.87. The van der Waals surface area contributed by atoms with E-state index in [-0.39, 0.29) is 6.61 Å². The summed E-state index contributed by atoms with van der Waals surface area (Å²) in [6.45, 7) is 0.0809. The number of carbonyl (C=O) groups excluding carboxylic acids is 1. The Labute approximate surface area is 212 Å². The van der Waals surface area contributed by atoms with Crippen LogP contribution in [0.3, 0.4) is 0 Å². The van der Waals surface area contributed by atoms with Gasteiger partial charge in [0.15, 0.2) is 18.1 Å². The van der Waals surface area contributed by atoms with E-state index in [2.05, 4.69) is 15.5 Å². The summed E-state index contributed by atoms with van der Waals surface area (Å²) in [6.07, 6.45) is 3.13. The van der Waals surface area contributed by atoms with Crippen molar-refractivity contribution in [1.29, 1.82) is 0 Å². The van der Waals surface area contributed by atoms with Gasteiger partial charge in [-0.05, 0) is 47.5 Å². The van der Waals surface area contributed by atoms with E-state index in [1.165, 1.54) is 13.3 Å². The van der Waals surface area contributed by atoms with E-state index >= 15 is 0 Å². The lowest BCUT2D eigenvalue weighted by Crippen LogP contribution is -2.24. The lowest BCUT2D eigenvalue weighted by molar-refractivity contribution is -0.123. The number of benzene rings is 3. The molecule has 0 unspecified atom stereocenters. The largest absolute Gasteiger partial charge is 0.493 e. The number of amides is 1. The number of hydrogen-bond acceptors (Lipinski definition) is 6. The molecule has 1 N–H and O–H groups in total. The molecule has 4 rings (SSSR count). The Kier molecular flexibility index (Phi) is 8.03. The molecule has 35 heavy (non-hydrogen) atoms. The van der Waals surface area contributed by atoms with Crippen molar-refractivity contribution in [3.63, 3.8) is 0 Å². The number of hydrazone groups is 1. The van der Waals surface area contributed by atoms with Crippen molar-refractivity contribution >= 4 is 46.2 Å². The van der Waals surface area contributed by atoms with Crippen LogP contribution in [-0.2, 0) is 11.4 Å². The lowest BCUT2D eigenvalue weighted by atomic mass is 10.2. The highest BCUT2D eigenvalue weighted by atomic mass is 35.5. The molecule has 0 aliphatic carbocycles. The second-order valence-corrected chi connectivity index (χ2v) is 8.21. The minimum absolute atomic E-state index is 0.214. The van der Waals surface area contributed by atoms with Gasteiger partial charge in [-0.25, -0.2) is 5.43 Å². The van der Waals surface area contributed by atoms with E-state index in [1.807, 2.05) is 36.4 Å². The summed E-state index contributed by atoms with van der Waals surface area (Å²) < 4.78 is 16.9. The number of ether oxygens (including phenoxy) is 3. The minimum Gasteiger partial charge on any atom is -0.493 e. The number of pyridine rings is 1. The molecule has 0 fully saturated rings. The summed E-state index contributed by atoms with van der Waals surface area (Å²) >= 11 is 12.3. The van der Waals surface area contributed by atoms with Crippen LogP contribution in [0.2, 0.25) is 10.0 Å². The summed E-state index contributed by atoms with van der Waals surface area (Å²) in [7, 11) is 1.52. The normalized spacial score (nSPS) is 10.9. The van der Waals surface area contributed by atoms with Crippen molar-refractivity contribution in [2.24, 2.45) is 5.10 Å². The first-order valence-electron chi connectivity index (χ1n) is 10.6. The Bertz CT molecular complexity index is 1360. The van der Waals surface area contributed by atoms with Crippen LogP contribution in [0, 0.1) is 0 Å². The fourth-order valence-electron chi connectivity index (χ4n) is 3.24. The second-order valence-electron chi connectivity index (χ2n) is 7.36. The standard InChI is InChI=1S/C26H21Cl2N3O4/c1-33-23-13-18(12-21(28)26(23)35-15-17-7-9-20(27)10-8-17)14-30-31-24(32)16-34-22-6-2-4-19-5-3-11-29-25(19)22/h2-14H,15-16H2,1H3,(H,31,32)/b30-14-. The molecule has 0 bridgehead atoms. The van der Waals surface area contributed by atoms with Gasteiger partial charge in [-0.3, -0.25) is 9.78 Å². The lowest BCUT2D eigenvalue weighted by Gasteiger charge is -2.13. The first kappa shape index (κ1) is 24.3. The van der Waals surface area contributed by atoms with Gasteiger partial charge in [0.1, 0.15) is 17.9 Å². The van der Waals surface area contributed by atoms with Gasteiger partial charge in [-0.2, -0.15) is 5.10 Å². The average molecular weight is 510 g/mol. The molecule has 0 saturated heterocycles. The van der Waals surface area contributed by atoms with Crippen LogP contribution in [0.5, 0.6) is 17.2 Å². The molecule has 0 radical (unpaired) electrons. The fraction of sp³-hybridized carbons (Fsp3) is 0.115. The maximum Gasteiger partial charge on any atom is 0.277 e. The molecule has 1 amide bonds. The molecule has 1 heterocycles. The van der Waals surface area contributed by atoms with Crippen molar-refractivity contribution in [2.45, 2.75) is 6.61 Å². The third-order valence-electron chi connectivity index (χ3n) is 4.91. The molecule has 0 saturated carbocycles. The molecule has 3 aromatic carbocycles. The van der Waals surface area contributed by atoms with Gasteiger partial charge >= 0.3 is 0 Å². The highest BCUT2D eigenvalue weighted by molar-refractivity contribution is 6.32. The quantitative estimate of drug-likeness (QED) is 0.232. The Hall–Kier alpha value is -3.81. The van der Waals surface area contributed by atoms with E-state index in [9.17, 15) is 4.79 Å². The molecule has 1 aromatic heterocycles. The molecule has 0 aliphatic rings.